The standard InChI is InChI=1S/C8H14N2.C2H6/c1-9(2)7-8-5-4-6-10(8)3;1-2/h4-6H,7H2,1-3H3;1-2H3. The molecule has 1 rings (SSSR count). The Morgan fingerprint density at radius 2 is 1.92 bits per heavy atom. The van der Waals surface area contributed by atoms with Crippen molar-refractivity contribution in [3.63, 3.8) is 0 Å². The molecule has 0 atom stereocenters. The number of hydrogen-bond donors (Lipinski definition) is 0. The molecule has 1 aromatic heterocycles. The van der Waals surface area contributed by atoms with Gasteiger partial charge in [0.25, 0.3) is 0 Å². The third kappa shape index (κ3) is 3.58. The van der Waals surface area contributed by atoms with Gasteiger partial charge in [-0.05, 0) is 26.2 Å². The van der Waals surface area contributed by atoms with Crippen molar-refractivity contribution in [3.8, 4) is 0 Å². The van der Waals surface area contributed by atoms with Gasteiger partial charge in [-0.2, -0.15) is 0 Å². The molecule has 1 heterocycles. The van der Waals surface area contributed by atoms with Gasteiger partial charge >= 0.3 is 0 Å². The molecule has 1 aromatic rings. The number of nitrogens with zero attached hydrogens (tertiary/aromatic N) is 2. The van der Waals surface area contributed by atoms with Crippen LogP contribution in [-0.4, -0.2) is 23.6 Å². The van der Waals surface area contributed by atoms with E-state index in [1.54, 1.807) is 0 Å². The molecule has 0 amide bonds. The molecular weight excluding hydrogens is 148 g/mol. The molecule has 0 aliphatic heterocycles. The second kappa shape index (κ2) is 5.84. The van der Waals surface area contributed by atoms with Gasteiger partial charge in [0.1, 0.15) is 0 Å². The summed E-state index contributed by atoms with van der Waals surface area (Å²) >= 11 is 0. The summed E-state index contributed by atoms with van der Waals surface area (Å²) in [5, 5.41) is 0. The number of aromatic nitrogens is 1. The topological polar surface area (TPSA) is 8.17 Å². The quantitative estimate of drug-likeness (QED) is 0.656. The monoisotopic (exact) mass is 168 g/mol. The predicted molar refractivity (Wildman–Crippen MR) is 54.2 cm³/mol. The molecule has 12 heavy (non-hydrogen) atoms. The largest absolute Gasteiger partial charge is 0.353 e. The molecule has 0 saturated heterocycles. The molecule has 0 aliphatic carbocycles. The highest BCUT2D eigenvalue weighted by atomic mass is 15.1. The van der Waals surface area contributed by atoms with Crippen LogP contribution in [0.15, 0.2) is 18.3 Å². The van der Waals surface area contributed by atoms with Crippen molar-refractivity contribution in [1.82, 2.24) is 9.47 Å². The van der Waals surface area contributed by atoms with Crippen LogP contribution in [0.3, 0.4) is 0 Å². The summed E-state index contributed by atoms with van der Waals surface area (Å²) in [7, 11) is 6.22. The zero-order valence-electron chi connectivity index (χ0n) is 8.83. The fourth-order valence-corrected chi connectivity index (χ4v) is 0.985. The Bertz CT molecular complexity index is 201. The molecule has 0 radical (unpaired) electrons. The minimum Gasteiger partial charge on any atom is -0.353 e. The number of aryl methyl sites for hydroxylation is 1. The second-order valence-electron chi connectivity index (χ2n) is 2.85. The van der Waals surface area contributed by atoms with E-state index in [4.69, 9.17) is 0 Å². The fraction of sp³-hybridized carbons (Fsp3) is 0.600. The summed E-state index contributed by atoms with van der Waals surface area (Å²) in [5.74, 6) is 0. The van der Waals surface area contributed by atoms with E-state index in [0.29, 0.717) is 0 Å². The normalized spacial score (nSPS) is 9.50. The van der Waals surface area contributed by atoms with Crippen LogP contribution in [0.25, 0.3) is 0 Å². The van der Waals surface area contributed by atoms with Crippen LogP contribution in [0.1, 0.15) is 19.5 Å². The first-order valence-corrected chi connectivity index (χ1v) is 4.45. The van der Waals surface area contributed by atoms with Crippen molar-refractivity contribution in [3.05, 3.63) is 24.0 Å². The minimum atomic E-state index is 1.02. The Labute approximate surface area is 75.8 Å². The van der Waals surface area contributed by atoms with Gasteiger partial charge in [0.15, 0.2) is 0 Å². The Kier molecular flexibility index (Phi) is 5.47. The lowest BCUT2D eigenvalue weighted by Crippen LogP contribution is -2.12. The molecule has 2 heteroatoms. The van der Waals surface area contributed by atoms with Crippen LogP contribution in [0.2, 0.25) is 0 Å². The predicted octanol–water partition coefficient (Wildman–Crippen LogP) is 2.11. The van der Waals surface area contributed by atoms with Gasteiger partial charge in [0, 0.05) is 25.5 Å². The fourth-order valence-electron chi connectivity index (χ4n) is 0.985. The van der Waals surface area contributed by atoms with Crippen LogP contribution in [0.4, 0.5) is 0 Å². The number of hydrogen-bond acceptors (Lipinski definition) is 1. The van der Waals surface area contributed by atoms with Crippen molar-refractivity contribution in [2.75, 3.05) is 14.1 Å². The van der Waals surface area contributed by atoms with Gasteiger partial charge in [0.05, 0.1) is 0 Å². The molecule has 0 N–H and O–H groups in total. The lowest BCUT2D eigenvalue weighted by Gasteiger charge is -2.09. The highest BCUT2D eigenvalue weighted by molar-refractivity contribution is 5.05. The summed E-state index contributed by atoms with van der Waals surface area (Å²) < 4.78 is 2.14. The molecule has 0 spiro atoms. The van der Waals surface area contributed by atoms with E-state index in [1.165, 1.54) is 5.69 Å². The molecule has 2 nitrogen and oxygen atoms in total. The summed E-state index contributed by atoms with van der Waals surface area (Å²) in [5.41, 5.74) is 1.35. The molecule has 70 valence electrons. The average Bonchev–Trinajstić information content (AvgIpc) is 2.40. The summed E-state index contributed by atoms with van der Waals surface area (Å²) in [6.45, 7) is 5.02. The summed E-state index contributed by atoms with van der Waals surface area (Å²) in [6.07, 6.45) is 2.07. The summed E-state index contributed by atoms with van der Waals surface area (Å²) in [4.78, 5) is 2.16. The van der Waals surface area contributed by atoms with Gasteiger partial charge in [-0.1, -0.05) is 13.8 Å². The first-order chi connectivity index (χ1) is 5.70. The van der Waals surface area contributed by atoms with Crippen LogP contribution < -0.4 is 0 Å². The number of rotatable bonds is 2. The molecule has 0 aliphatic rings. The molecule has 0 aromatic carbocycles. The van der Waals surface area contributed by atoms with Gasteiger partial charge in [0.2, 0.25) is 0 Å². The van der Waals surface area contributed by atoms with Crippen LogP contribution in [0, 0.1) is 0 Å². The zero-order chi connectivity index (χ0) is 9.56. The van der Waals surface area contributed by atoms with E-state index in [9.17, 15) is 0 Å². The smallest absolute Gasteiger partial charge is 0.0380 e. The van der Waals surface area contributed by atoms with Gasteiger partial charge in [-0.15, -0.1) is 0 Å². The van der Waals surface area contributed by atoms with E-state index in [0.717, 1.165) is 6.54 Å². The molecule has 0 unspecified atom stereocenters. The first kappa shape index (κ1) is 11.2. The lowest BCUT2D eigenvalue weighted by atomic mass is 10.4. The van der Waals surface area contributed by atoms with Crippen LogP contribution in [-0.2, 0) is 13.6 Å². The van der Waals surface area contributed by atoms with Crippen molar-refractivity contribution >= 4 is 0 Å². The van der Waals surface area contributed by atoms with E-state index < -0.39 is 0 Å². The van der Waals surface area contributed by atoms with Crippen LogP contribution >= 0.6 is 0 Å². The van der Waals surface area contributed by atoms with E-state index in [2.05, 4.69) is 48.9 Å². The third-order valence-corrected chi connectivity index (χ3v) is 1.53. The van der Waals surface area contributed by atoms with E-state index >= 15 is 0 Å². The maximum atomic E-state index is 2.16. The third-order valence-electron chi connectivity index (χ3n) is 1.53. The van der Waals surface area contributed by atoms with Crippen molar-refractivity contribution < 1.29 is 0 Å². The Hall–Kier alpha value is -0.760. The minimum absolute atomic E-state index is 1.02. The SMILES string of the molecule is CC.CN(C)Cc1cccn1C. The first-order valence-electron chi connectivity index (χ1n) is 4.45. The molecular formula is C10H20N2. The summed E-state index contributed by atoms with van der Waals surface area (Å²) in [6, 6.07) is 4.21. The molecule has 0 bridgehead atoms. The van der Waals surface area contributed by atoms with Crippen molar-refractivity contribution in [2.45, 2.75) is 20.4 Å². The lowest BCUT2D eigenvalue weighted by molar-refractivity contribution is 0.391. The second-order valence-corrected chi connectivity index (χ2v) is 2.85. The average molecular weight is 168 g/mol. The maximum absolute atomic E-state index is 2.16. The van der Waals surface area contributed by atoms with E-state index in [1.807, 2.05) is 13.8 Å². The Morgan fingerprint density at radius 1 is 1.33 bits per heavy atom. The van der Waals surface area contributed by atoms with Crippen LogP contribution in [0.5, 0.6) is 0 Å². The van der Waals surface area contributed by atoms with E-state index in [-0.39, 0.29) is 0 Å². The van der Waals surface area contributed by atoms with Gasteiger partial charge in [-0.3, -0.25) is 0 Å². The molecule has 0 saturated carbocycles. The Balaban J connectivity index is 0.000000561. The van der Waals surface area contributed by atoms with Gasteiger partial charge in [-0.25, -0.2) is 0 Å². The highest BCUT2D eigenvalue weighted by Gasteiger charge is 1.96. The zero-order valence-corrected chi connectivity index (χ0v) is 8.83. The highest BCUT2D eigenvalue weighted by Crippen LogP contribution is 2.00. The van der Waals surface area contributed by atoms with Gasteiger partial charge < -0.3 is 9.47 Å². The van der Waals surface area contributed by atoms with Crippen molar-refractivity contribution in [1.29, 1.82) is 0 Å². The van der Waals surface area contributed by atoms with Crippen molar-refractivity contribution in [2.24, 2.45) is 7.05 Å². The maximum Gasteiger partial charge on any atom is 0.0380 e. The molecule has 0 fully saturated rings. The Morgan fingerprint density at radius 3 is 2.25 bits per heavy atom.